The minimum atomic E-state index is -0.181. The molecule has 1 fully saturated rings. The first kappa shape index (κ1) is 16.8. The van der Waals surface area contributed by atoms with Crippen molar-refractivity contribution < 1.29 is 14.6 Å². The molecule has 22 heavy (non-hydrogen) atoms. The van der Waals surface area contributed by atoms with Crippen molar-refractivity contribution >= 4 is 5.91 Å². The number of benzene rings is 1. The van der Waals surface area contributed by atoms with Crippen LogP contribution in [0.5, 0.6) is 5.75 Å². The number of aryl methyl sites for hydroxylation is 1. The minimum Gasteiger partial charge on any atom is -0.494 e. The molecule has 0 radical (unpaired) electrons. The fraction of sp³-hybridized carbons (Fsp3) is 0.611. The Morgan fingerprint density at radius 2 is 2.09 bits per heavy atom. The molecule has 0 bridgehead atoms. The number of amides is 1. The summed E-state index contributed by atoms with van der Waals surface area (Å²) >= 11 is 0. The van der Waals surface area contributed by atoms with Crippen LogP contribution in [0.1, 0.15) is 44.6 Å². The van der Waals surface area contributed by atoms with Gasteiger partial charge in [0.05, 0.1) is 12.7 Å². The Balaban J connectivity index is 1.66. The van der Waals surface area contributed by atoms with Crippen molar-refractivity contribution in [3.63, 3.8) is 0 Å². The maximum absolute atomic E-state index is 11.9. The molecule has 0 saturated heterocycles. The molecule has 1 aromatic carbocycles. The van der Waals surface area contributed by atoms with Crippen LogP contribution >= 0.6 is 0 Å². The number of hydrogen-bond acceptors (Lipinski definition) is 3. The molecule has 1 saturated carbocycles. The number of aliphatic hydroxyl groups is 1. The van der Waals surface area contributed by atoms with E-state index in [4.69, 9.17) is 4.74 Å². The molecule has 0 heterocycles. The van der Waals surface area contributed by atoms with E-state index in [0.29, 0.717) is 25.5 Å². The highest BCUT2D eigenvalue weighted by Crippen LogP contribution is 2.23. The number of rotatable bonds is 7. The van der Waals surface area contributed by atoms with Crippen LogP contribution in [0.2, 0.25) is 0 Å². The number of aliphatic hydroxyl groups excluding tert-OH is 1. The second-order valence-electron chi connectivity index (χ2n) is 6.07. The van der Waals surface area contributed by atoms with Gasteiger partial charge in [0, 0.05) is 13.0 Å². The molecule has 2 atom stereocenters. The van der Waals surface area contributed by atoms with Crippen LogP contribution < -0.4 is 10.1 Å². The van der Waals surface area contributed by atoms with Gasteiger partial charge in [0.1, 0.15) is 5.75 Å². The van der Waals surface area contributed by atoms with Gasteiger partial charge >= 0.3 is 0 Å². The number of hydrogen-bond donors (Lipinski definition) is 2. The topological polar surface area (TPSA) is 58.6 Å². The lowest BCUT2D eigenvalue weighted by Gasteiger charge is -2.25. The standard InChI is InChI=1S/C18H27NO3/c1-2-22-17-9-6-14(7-10-17)8-11-18(21)19-13-15-4-3-5-16(20)12-15/h6-7,9-10,15-16,20H,2-5,8,11-13H2,1H3,(H,19,21)/t15-,16+/m1/s1. The van der Waals surface area contributed by atoms with Gasteiger partial charge in [0.15, 0.2) is 0 Å². The zero-order valence-electron chi connectivity index (χ0n) is 13.4. The molecule has 0 unspecified atom stereocenters. The van der Waals surface area contributed by atoms with Gasteiger partial charge in [-0.25, -0.2) is 0 Å². The first-order valence-corrected chi connectivity index (χ1v) is 8.34. The van der Waals surface area contributed by atoms with E-state index in [1.807, 2.05) is 31.2 Å². The lowest BCUT2D eigenvalue weighted by atomic mass is 9.87. The van der Waals surface area contributed by atoms with Gasteiger partial charge in [-0.15, -0.1) is 0 Å². The summed E-state index contributed by atoms with van der Waals surface area (Å²) in [4.78, 5) is 11.9. The summed E-state index contributed by atoms with van der Waals surface area (Å²) in [5, 5.41) is 12.6. The van der Waals surface area contributed by atoms with Gasteiger partial charge in [0.25, 0.3) is 0 Å². The molecule has 1 aliphatic rings. The lowest BCUT2D eigenvalue weighted by molar-refractivity contribution is -0.121. The normalized spacial score (nSPS) is 21.4. The fourth-order valence-corrected chi connectivity index (χ4v) is 2.97. The van der Waals surface area contributed by atoms with Crippen LogP contribution in [0.25, 0.3) is 0 Å². The molecule has 1 aromatic rings. The summed E-state index contributed by atoms with van der Waals surface area (Å²) < 4.78 is 5.40. The number of ether oxygens (including phenoxy) is 1. The third-order valence-corrected chi connectivity index (χ3v) is 4.22. The van der Waals surface area contributed by atoms with Gasteiger partial charge in [-0.3, -0.25) is 4.79 Å². The smallest absolute Gasteiger partial charge is 0.220 e. The van der Waals surface area contributed by atoms with E-state index in [1.165, 1.54) is 0 Å². The van der Waals surface area contributed by atoms with Crippen LogP contribution in [0.15, 0.2) is 24.3 Å². The Morgan fingerprint density at radius 3 is 2.77 bits per heavy atom. The highest BCUT2D eigenvalue weighted by Gasteiger charge is 2.20. The van der Waals surface area contributed by atoms with Crippen molar-refractivity contribution in [2.24, 2.45) is 5.92 Å². The summed E-state index contributed by atoms with van der Waals surface area (Å²) in [6, 6.07) is 7.91. The molecular weight excluding hydrogens is 278 g/mol. The van der Waals surface area contributed by atoms with E-state index in [-0.39, 0.29) is 12.0 Å². The van der Waals surface area contributed by atoms with Gasteiger partial charge in [-0.2, -0.15) is 0 Å². The molecule has 2 rings (SSSR count). The van der Waals surface area contributed by atoms with E-state index in [0.717, 1.165) is 43.4 Å². The van der Waals surface area contributed by atoms with Crippen molar-refractivity contribution in [3.8, 4) is 5.75 Å². The quantitative estimate of drug-likeness (QED) is 0.814. The Kier molecular flexibility index (Phi) is 6.72. The third kappa shape index (κ3) is 5.68. The first-order valence-electron chi connectivity index (χ1n) is 8.34. The maximum atomic E-state index is 11.9. The molecule has 0 aromatic heterocycles. The second-order valence-corrected chi connectivity index (χ2v) is 6.07. The average Bonchev–Trinajstić information content (AvgIpc) is 2.53. The SMILES string of the molecule is CCOc1ccc(CCC(=O)NC[C@@H]2CCC[C@H](O)C2)cc1. The van der Waals surface area contributed by atoms with Crippen molar-refractivity contribution in [2.75, 3.05) is 13.2 Å². The zero-order chi connectivity index (χ0) is 15.8. The minimum absolute atomic E-state index is 0.0916. The Morgan fingerprint density at radius 1 is 1.32 bits per heavy atom. The summed E-state index contributed by atoms with van der Waals surface area (Å²) in [5.74, 6) is 1.39. The van der Waals surface area contributed by atoms with Gasteiger partial charge in [-0.05, 0) is 56.2 Å². The summed E-state index contributed by atoms with van der Waals surface area (Å²) in [7, 11) is 0. The van der Waals surface area contributed by atoms with Crippen molar-refractivity contribution in [1.82, 2.24) is 5.32 Å². The molecule has 4 heteroatoms. The predicted octanol–water partition coefficient (Wildman–Crippen LogP) is 2.69. The van der Waals surface area contributed by atoms with E-state index in [1.54, 1.807) is 0 Å². The predicted molar refractivity (Wildman–Crippen MR) is 86.9 cm³/mol. The van der Waals surface area contributed by atoms with Gasteiger partial charge < -0.3 is 15.2 Å². The fourth-order valence-electron chi connectivity index (χ4n) is 2.97. The largest absolute Gasteiger partial charge is 0.494 e. The number of nitrogens with one attached hydrogen (secondary N) is 1. The Labute approximate surface area is 132 Å². The van der Waals surface area contributed by atoms with Crippen molar-refractivity contribution in [2.45, 2.75) is 51.6 Å². The van der Waals surface area contributed by atoms with Crippen molar-refractivity contribution in [1.29, 1.82) is 0 Å². The third-order valence-electron chi connectivity index (χ3n) is 4.22. The second kappa shape index (κ2) is 8.79. The van der Waals surface area contributed by atoms with Crippen LogP contribution in [0.4, 0.5) is 0 Å². The van der Waals surface area contributed by atoms with Crippen LogP contribution in [-0.2, 0) is 11.2 Å². The molecule has 1 aliphatic carbocycles. The van der Waals surface area contributed by atoms with Crippen LogP contribution in [0, 0.1) is 5.92 Å². The summed E-state index contributed by atoms with van der Waals surface area (Å²) in [6.45, 7) is 3.32. The molecule has 2 N–H and O–H groups in total. The van der Waals surface area contributed by atoms with E-state index in [9.17, 15) is 9.90 Å². The zero-order valence-corrected chi connectivity index (χ0v) is 13.4. The first-order chi connectivity index (χ1) is 10.7. The number of carbonyl (C=O) groups excluding carboxylic acids is 1. The van der Waals surface area contributed by atoms with Crippen LogP contribution in [-0.4, -0.2) is 30.3 Å². The Bertz CT molecular complexity index is 458. The van der Waals surface area contributed by atoms with E-state index >= 15 is 0 Å². The van der Waals surface area contributed by atoms with Gasteiger partial charge in [-0.1, -0.05) is 18.6 Å². The van der Waals surface area contributed by atoms with Crippen molar-refractivity contribution in [3.05, 3.63) is 29.8 Å². The maximum Gasteiger partial charge on any atom is 0.220 e. The highest BCUT2D eigenvalue weighted by molar-refractivity contribution is 5.76. The van der Waals surface area contributed by atoms with Crippen LogP contribution in [0.3, 0.4) is 0 Å². The van der Waals surface area contributed by atoms with E-state index < -0.39 is 0 Å². The number of carbonyl (C=O) groups is 1. The molecule has 122 valence electrons. The Hall–Kier alpha value is -1.55. The summed E-state index contributed by atoms with van der Waals surface area (Å²) in [5.41, 5.74) is 1.15. The highest BCUT2D eigenvalue weighted by atomic mass is 16.5. The molecule has 0 aliphatic heterocycles. The monoisotopic (exact) mass is 305 g/mol. The average molecular weight is 305 g/mol. The van der Waals surface area contributed by atoms with Gasteiger partial charge in [0.2, 0.25) is 5.91 Å². The lowest BCUT2D eigenvalue weighted by Crippen LogP contribution is -2.33. The summed E-state index contributed by atoms with van der Waals surface area (Å²) in [6.07, 6.45) is 4.96. The molecule has 1 amide bonds. The molecule has 0 spiro atoms. The molecule has 4 nitrogen and oxygen atoms in total. The van der Waals surface area contributed by atoms with E-state index in [2.05, 4.69) is 5.32 Å². The molecular formula is C18H27NO3.